The molecule has 4 aromatic carbocycles. The van der Waals surface area contributed by atoms with Crippen LogP contribution in [0.2, 0.25) is 0 Å². The highest BCUT2D eigenvalue weighted by atomic mass is 16.3. The van der Waals surface area contributed by atoms with E-state index in [-0.39, 0.29) is 0 Å². The maximum absolute atomic E-state index is 6.32. The summed E-state index contributed by atoms with van der Waals surface area (Å²) in [6.45, 7) is 4.45. The fraction of sp³-hybridized carbons (Fsp3) is 0.120. The zero-order valence-electron chi connectivity index (χ0n) is 15.0. The van der Waals surface area contributed by atoms with Crippen molar-refractivity contribution in [3.8, 4) is 11.1 Å². The summed E-state index contributed by atoms with van der Waals surface area (Å²) in [5.74, 6) is 0.505. The summed E-state index contributed by atoms with van der Waals surface area (Å²) < 4.78 is 6.32. The molecule has 126 valence electrons. The fourth-order valence-electron chi connectivity index (χ4n) is 3.85. The Morgan fingerprint density at radius 1 is 0.654 bits per heavy atom. The molecule has 0 aliphatic rings. The first-order chi connectivity index (χ1) is 12.7. The topological polar surface area (TPSA) is 13.1 Å². The molecular weight excluding hydrogens is 316 g/mol. The molecule has 0 bridgehead atoms. The van der Waals surface area contributed by atoms with Crippen molar-refractivity contribution in [3.05, 3.63) is 84.4 Å². The number of benzene rings is 4. The summed E-state index contributed by atoms with van der Waals surface area (Å²) >= 11 is 0. The summed E-state index contributed by atoms with van der Waals surface area (Å²) in [7, 11) is 0. The molecule has 1 aromatic heterocycles. The van der Waals surface area contributed by atoms with E-state index in [2.05, 4.69) is 92.7 Å². The Hall–Kier alpha value is -3.06. The number of furan rings is 1. The molecule has 0 unspecified atom stereocenters. The molecule has 0 saturated heterocycles. The number of hydrogen-bond acceptors (Lipinski definition) is 1. The van der Waals surface area contributed by atoms with E-state index in [0.717, 1.165) is 16.7 Å². The van der Waals surface area contributed by atoms with Gasteiger partial charge in [-0.25, -0.2) is 0 Å². The van der Waals surface area contributed by atoms with Gasteiger partial charge in [0.05, 0.1) is 0 Å². The van der Waals surface area contributed by atoms with Gasteiger partial charge in [0.1, 0.15) is 11.2 Å². The molecular formula is C25H20O. The largest absolute Gasteiger partial charge is 0.455 e. The van der Waals surface area contributed by atoms with E-state index >= 15 is 0 Å². The zero-order chi connectivity index (χ0) is 17.7. The molecule has 0 fully saturated rings. The van der Waals surface area contributed by atoms with Gasteiger partial charge in [-0.2, -0.15) is 0 Å². The van der Waals surface area contributed by atoms with E-state index in [1.54, 1.807) is 0 Å². The first kappa shape index (κ1) is 15.2. The summed E-state index contributed by atoms with van der Waals surface area (Å²) in [5.41, 5.74) is 5.64. The second-order valence-corrected chi connectivity index (χ2v) is 7.22. The maximum Gasteiger partial charge on any atom is 0.143 e. The van der Waals surface area contributed by atoms with Gasteiger partial charge in [-0.05, 0) is 39.9 Å². The van der Waals surface area contributed by atoms with E-state index in [0.29, 0.717) is 5.92 Å². The third-order valence-electron chi connectivity index (χ3n) is 5.27. The summed E-state index contributed by atoms with van der Waals surface area (Å²) in [4.78, 5) is 0. The van der Waals surface area contributed by atoms with Crippen molar-refractivity contribution in [1.29, 1.82) is 0 Å². The van der Waals surface area contributed by atoms with Crippen LogP contribution in [0.1, 0.15) is 25.3 Å². The minimum absolute atomic E-state index is 0.505. The van der Waals surface area contributed by atoms with E-state index in [1.807, 2.05) is 0 Å². The Bertz CT molecular complexity index is 1250. The minimum Gasteiger partial charge on any atom is -0.455 e. The lowest BCUT2D eigenvalue weighted by molar-refractivity contribution is 0.669. The van der Waals surface area contributed by atoms with Crippen molar-refractivity contribution in [2.45, 2.75) is 19.8 Å². The van der Waals surface area contributed by atoms with Crippen molar-refractivity contribution in [2.75, 3.05) is 0 Å². The van der Waals surface area contributed by atoms with Gasteiger partial charge in [0.25, 0.3) is 0 Å². The molecule has 26 heavy (non-hydrogen) atoms. The van der Waals surface area contributed by atoms with Gasteiger partial charge >= 0.3 is 0 Å². The summed E-state index contributed by atoms with van der Waals surface area (Å²) in [6.07, 6.45) is 0. The van der Waals surface area contributed by atoms with Crippen LogP contribution in [0.4, 0.5) is 0 Å². The van der Waals surface area contributed by atoms with Gasteiger partial charge in [-0.1, -0.05) is 80.6 Å². The maximum atomic E-state index is 6.32. The highest BCUT2D eigenvalue weighted by molar-refractivity contribution is 6.12. The lowest BCUT2D eigenvalue weighted by atomic mass is 9.96. The normalized spacial score (nSPS) is 11.8. The highest BCUT2D eigenvalue weighted by Crippen LogP contribution is 2.39. The molecule has 1 heterocycles. The lowest BCUT2D eigenvalue weighted by Crippen LogP contribution is -1.85. The smallest absolute Gasteiger partial charge is 0.143 e. The van der Waals surface area contributed by atoms with Crippen LogP contribution >= 0.6 is 0 Å². The fourth-order valence-corrected chi connectivity index (χ4v) is 3.85. The third-order valence-corrected chi connectivity index (χ3v) is 5.27. The Morgan fingerprint density at radius 3 is 2.27 bits per heavy atom. The molecule has 1 nitrogen and oxygen atoms in total. The predicted molar refractivity (Wildman–Crippen MR) is 111 cm³/mol. The average molecular weight is 336 g/mol. The quantitative estimate of drug-likeness (QED) is 0.325. The van der Waals surface area contributed by atoms with Gasteiger partial charge in [0, 0.05) is 16.3 Å². The number of rotatable bonds is 2. The van der Waals surface area contributed by atoms with Crippen LogP contribution in [0.5, 0.6) is 0 Å². The SMILES string of the molecule is CC(C)c1ccc2oc3c(-c4cccc5ccccc45)cccc3c2c1. The molecule has 5 aromatic rings. The van der Waals surface area contributed by atoms with Crippen LogP contribution in [0.25, 0.3) is 43.8 Å². The monoisotopic (exact) mass is 336 g/mol. The van der Waals surface area contributed by atoms with Crippen molar-refractivity contribution in [2.24, 2.45) is 0 Å². The van der Waals surface area contributed by atoms with Gasteiger partial charge in [0.15, 0.2) is 0 Å². The molecule has 0 saturated carbocycles. The third kappa shape index (κ3) is 2.24. The van der Waals surface area contributed by atoms with Crippen molar-refractivity contribution >= 4 is 32.7 Å². The Balaban J connectivity index is 1.85. The Labute approximate surface area is 152 Å². The highest BCUT2D eigenvalue weighted by Gasteiger charge is 2.14. The molecule has 0 radical (unpaired) electrons. The average Bonchev–Trinajstić information content (AvgIpc) is 3.05. The van der Waals surface area contributed by atoms with Crippen LogP contribution in [-0.4, -0.2) is 0 Å². The number of para-hydroxylation sites is 1. The first-order valence-electron chi connectivity index (χ1n) is 9.16. The molecule has 0 amide bonds. The number of fused-ring (bicyclic) bond motifs is 4. The van der Waals surface area contributed by atoms with Crippen LogP contribution in [0.15, 0.2) is 83.3 Å². The summed E-state index contributed by atoms with van der Waals surface area (Å²) in [5, 5.41) is 4.90. The molecule has 0 aliphatic heterocycles. The second-order valence-electron chi connectivity index (χ2n) is 7.22. The molecule has 0 spiro atoms. The molecule has 5 rings (SSSR count). The van der Waals surface area contributed by atoms with E-state index in [9.17, 15) is 0 Å². The molecule has 0 N–H and O–H groups in total. The van der Waals surface area contributed by atoms with Crippen LogP contribution in [-0.2, 0) is 0 Å². The van der Waals surface area contributed by atoms with E-state index < -0.39 is 0 Å². The van der Waals surface area contributed by atoms with Gasteiger partial charge in [0.2, 0.25) is 0 Å². The Kier molecular flexibility index (Phi) is 3.36. The molecule has 1 heteroatoms. The lowest BCUT2D eigenvalue weighted by Gasteiger charge is -2.07. The van der Waals surface area contributed by atoms with E-state index in [4.69, 9.17) is 4.42 Å². The van der Waals surface area contributed by atoms with Crippen LogP contribution in [0, 0.1) is 0 Å². The van der Waals surface area contributed by atoms with E-state index in [1.165, 1.54) is 32.7 Å². The van der Waals surface area contributed by atoms with Crippen LogP contribution < -0.4 is 0 Å². The van der Waals surface area contributed by atoms with Crippen molar-refractivity contribution in [1.82, 2.24) is 0 Å². The van der Waals surface area contributed by atoms with Crippen molar-refractivity contribution in [3.63, 3.8) is 0 Å². The number of hydrogen-bond donors (Lipinski definition) is 0. The standard InChI is InChI=1S/C25H20O/c1-16(2)18-13-14-24-23(15-18)22-12-6-11-21(25(22)26-24)20-10-5-8-17-7-3-4-9-19(17)20/h3-16H,1-2H3. The van der Waals surface area contributed by atoms with Crippen molar-refractivity contribution < 1.29 is 4.42 Å². The van der Waals surface area contributed by atoms with Gasteiger partial charge < -0.3 is 4.42 Å². The second kappa shape index (κ2) is 5.74. The minimum atomic E-state index is 0.505. The molecule has 0 atom stereocenters. The first-order valence-corrected chi connectivity index (χ1v) is 9.16. The summed E-state index contributed by atoms with van der Waals surface area (Å²) in [6, 6.07) is 28.0. The Morgan fingerprint density at radius 2 is 1.38 bits per heavy atom. The van der Waals surface area contributed by atoms with Crippen LogP contribution in [0.3, 0.4) is 0 Å². The zero-order valence-corrected chi connectivity index (χ0v) is 15.0. The van der Waals surface area contributed by atoms with Gasteiger partial charge in [-0.15, -0.1) is 0 Å². The molecule has 0 aliphatic carbocycles. The predicted octanol–water partition coefficient (Wildman–Crippen LogP) is 7.53. The van der Waals surface area contributed by atoms with Gasteiger partial charge in [-0.3, -0.25) is 0 Å².